The van der Waals surface area contributed by atoms with Gasteiger partial charge >= 0.3 is 0 Å². The van der Waals surface area contributed by atoms with Gasteiger partial charge in [-0.2, -0.15) is 0 Å². The van der Waals surface area contributed by atoms with Gasteiger partial charge in [-0.15, -0.1) is 0 Å². The number of nitrogens with zero attached hydrogens (tertiary/aromatic N) is 1. The van der Waals surface area contributed by atoms with Crippen LogP contribution in [0.2, 0.25) is 0 Å². The van der Waals surface area contributed by atoms with E-state index in [9.17, 15) is 9.90 Å². The van der Waals surface area contributed by atoms with Crippen molar-refractivity contribution in [2.45, 2.75) is 0 Å². The molecule has 0 aliphatic carbocycles. The molecule has 5 rings (SSSR count). The fourth-order valence-corrected chi connectivity index (χ4v) is 3.53. The van der Waals surface area contributed by atoms with Crippen LogP contribution in [0.1, 0.15) is 0 Å². The molecule has 3 heteroatoms. The van der Waals surface area contributed by atoms with E-state index in [4.69, 9.17) is 0 Å². The van der Waals surface area contributed by atoms with E-state index < -0.39 is 0 Å². The summed E-state index contributed by atoms with van der Waals surface area (Å²) in [6.45, 7) is 0. The van der Waals surface area contributed by atoms with Gasteiger partial charge in [-0.3, -0.25) is 9.20 Å². The van der Waals surface area contributed by atoms with Gasteiger partial charge in [0.1, 0.15) is 5.75 Å². The minimum Gasteiger partial charge on any atom is -0.507 e. The number of aromatic hydroxyl groups is 1. The first-order valence-electron chi connectivity index (χ1n) is 7.16. The minimum atomic E-state index is -0.0418. The third kappa shape index (κ3) is 1.20. The molecule has 22 heavy (non-hydrogen) atoms. The molecule has 0 fully saturated rings. The van der Waals surface area contributed by atoms with Crippen LogP contribution in [0.25, 0.3) is 38.0 Å². The average molecular weight is 285 g/mol. The fourth-order valence-electron chi connectivity index (χ4n) is 3.53. The van der Waals surface area contributed by atoms with Crippen LogP contribution in [0.4, 0.5) is 0 Å². The number of hydrogen-bond donors (Lipinski definition) is 1. The van der Waals surface area contributed by atoms with Gasteiger partial charge in [0.25, 0.3) is 5.56 Å². The lowest BCUT2D eigenvalue weighted by Crippen LogP contribution is -2.12. The second kappa shape index (κ2) is 3.77. The van der Waals surface area contributed by atoms with Crippen molar-refractivity contribution in [1.29, 1.82) is 0 Å². The van der Waals surface area contributed by atoms with Crippen LogP contribution < -0.4 is 5.56 Å². The molecule has 2 heterocycles. The molecule has 0 atom stereocenters. The lowest BCUT2D eigenvalue weighted by atomic mass is 10.0. The number of hydrogen-bond acceptors (Lipinski definition) is 2. The van der Waals surface area contributed by atoms with E-state index in [0.29, 0.717) is 5.39 Å². The Kier molecular flexibility index (Phi) is 1.98. The normalized spacial score (nSPS) is 12.0. The largest absolute Gasteiger partial charge is 0.507 e. The number of fused-ring (bicyclic) bond motifs is 5. The summed E-state index contributed by atoms with van der Waals surface area (Å²) in [6.07, 6.45) is 0. The van der Waals surface area contributed by atoms with E-state index >= 15 is 0 Å². The third-order valence-electron chi connectivity index (χ3n) is 4.44. The molecule has 3 nitrogen and oxygen atoms in total. The highest BCUT2D eigenvalue weighted by Crippen LogP contribution is 2.38. The van der Waals surface area contributed by atoms with E-state index in [1.807, 2.05) is 54.6 Å². The Hall–Kier alpha value is -3.07. The molecule has 2 aromatic heterocycles. The van der Waals surface area contributed by atoms with Gasteiger partial charge < -0.3 is 5.11 Å². The maximum Gasteiger partial charge on any atom is 0.263 e. The van der Waals surface area contributed by atoms with Crippen molar-refractivity contribution in [1.82, 2.24) is 4.40 Å². The number of phenols is 1. The van der Waals surface area contributed by atoms with Gasteiger partial charge in [-0.1, -0.05) is 36.4 Å². The topological polar surface area (TPSA) is 41.7 Å². The molecule has 0 radical (unpaired) electrons. The molecule has 0 bridgehead atoms. The highest BCUT2D eigenvalue weighted by Gasteiger charge is 2.18. The lowest BCUT2D eigenvalue weighted by molar-refractivity contribution is 0.482. The fraction of sp³-hybridized carbons (Fsp3) is 0. The van der Waals surface area contributed by atoms with Crippen LogP contribution in [-0.2, 0) is 0 Å². The summed E-state index contributed by atoms with van der Waals surface area (Å²) < 4.78 is 1.72. The van der Waals surface area contributed by atoms with Crippen LogP contribution in [0, 0.1) is 0 Å². The minimum absolute atomic E-state index is 0.0418. The zero-order chi connectivity index (χ0) is 14.8. The number of phenolic OH excluding ortho intramolecular Hbond substituents is 1. The third-order valence-corrected chi connectivity index (χ3v) is 4.44. The Labute approximate surface area is 125 Å². The number of aromatic nitrogens is 1. The summed E-state index contributed by atoms with van der Waals surface area (Å²) in [4.78, 5) is 13.0. The van der Waals surface area contributed by atoms with Gasteiger partial charge in [0.05, 0.1) is 11.0 Å². The van der Waals surface area contributed by atoms with Gasteiger partial charge in [0.2, 0.25) is 0 Å². The maximum absolute atomic E-state index is 13.0. The van der Waals surface area contributed by atoms with Gasteiger partial charge in [-0.05, 0) is 24.3 Å². The van der Waals surface area contributed by atoms with E-state index in [2.05, 4.69) is 0 Å². The van der Waals surface area contributed by atoms with Crippen molar-refractivity contribution in [2.24, 2.45) is 0 Å². The van der Waals surface area contributed by atoms with Crippen LogP contribution in [0.15, 0.2) is 65.5 Å². The van der Waals surface area contributed by atoms with Crippen molar-refractivity contribution in [3.8, 4) is 5.75 Å². The summed E-state index contributed by atoms with van der Waals surface area (Å²) in [5.41, 5.74) is 1.63. The summed E-state index contributed by atoms with van der Waals surface area (Å²) in [7, 11) is 0. The number of para-hydroxylation sites is 1. The molecule has 5 aromatic rings. The van der Waals surface area contributed by atoms with Crippen molar-refractivity contribution < 1.29 is 5.11 Å². The summed E-state index contributed by atoms with van der Waals surface area (Å²) in [5.74, 6) is 0.205. The zero-order valence-corrected chi connectivity index (χ0v) is 11.6. The Balaban J connectivity index is 2.34. The summed E-state index contributed by atoms with van der Waals surface area (Å²) in [5, 5.41) is 14.6. The van der Waals surface area contributed by atoms with Crippen molar-refractivity contribution in [3.05, 3.63) is 71.0 Å². The highest BCUT2D eigenvalue weighted by molar-refractivity contribution is 6.21. The first-order chi connectivity index (χ1) is 10.8. The van der Waals surface area contributed by atoms with Gasteiger partial charge in [0.15, 0.2) is 0 Å². The highest BCUT2D eigenvalue weighted by atomic mass is 16.3. The molecule has 3 aromatic carbocycles. The van der Waals surface area contributed by atoms with Crippen LogP contribution in [-0.4, -0.2) is 9.51 Å². The Morgan fingerprint density at radius 1 is 0.727 bits per heavy atom. The van der Waals surface area contributed by atoms with Crippen molar-refractivity contribution in [2.75, 3.05) is 0 Å². The van der Waals surface area contributed by atoms with E-state index in [1.165, 1.54) is 0 Å². The first-order valence-corrected chi connectivity index (χ1v) is 7.16. The molecule has 0 aliphatic rings. The molecule has 104 valence electrons. The molecule has 0 amide bonds. The number of rotatable bonds is 0. The molecule has 0 unspecified atom stereocenters. The van der Waals surface area contributed by atoms with E-state index in [-0.39, 0.29) is 11.3 Å². The quantitative estimate of drug-likeness (QED) is 0.438. The predicted molar refractivity (Wildman–Crippen MR) is 89.0 cm³/mol. The van der Waals surface area contributed by atoms with Crippen LogP contribution in [0.3, 0.4) is 0 Å². The van der Waals surface area contributed by atoms with E-state index in [0.717, 1.165) is 32.6 Å². The van der Waals surface area contributed by atoms with Crippen LogP contribution >= 0.6 is 0 Å². The number of benzene rings is 3. The Bertz CT molecular complexity index is 1250. The maximum atomic E-state index is 13.0. The van der Waals surface area contributed by atoms with E-state index in [1.54, 1.807) is 10.5 Å². The molecular weight excluding hydrogens is 274 g/mol. The Morgan fingerprint density at radius 3 is 2.23 bits per heavy atom. The summed E-state index contributed by atoms with van der Waals surface area (Å²) in [6, 6.07) is 18.9. The molecule has 1 N–H and O–H groups in total. The molecular formula is C19H11NO2. The molecule has 0 aliphatic heterocycles. The Morgan fingerprint density at radius 2 is 1.41 bits per heavy atom. The number of pyridine rings is 1. The lowest BCUT2D eigenvalue weighted by Gasteiger charge is -2.07. The second-order valence-electron chi connectivity index (χ2n) is 5.56. The van der Waals surface area contributed by atoms with Gasteiger partial charge in [-0.25, -0.2) is 0 Å². The van der Waals surface area contributed by atoms with Crippen molar-refractivity contribution >= 4 is 38.0 Å². The molecule has 0 spiro atoms. The molecule has 0 saturated heterocycles. The standard InChI is InChI=1S/C19H11NO2/c21-16-10-9-13-11-5-3-4-8-15(11)20-18(13)17(16)12-6-1-2-7-14(12)19(20)22/h1-10,21H. The zero-order valence-electron chi connectivity index (χ0n) is 11.6. The van der Waals surface area contributed by atoms with Crippen LogP contribution in [0.5, 0.6) is 5.75 Å². The van der Waals surface area contributed by atoms with Crippen molar-refractivity contribution in [3.63, 3.8) is 0 Å². The van der Waals surface area contributed by atoms with Gasteiger partial charge in [0, 0.05) is 26.9 Å². The molecule has 0 saturated carbocycles. The second-order valence-corrected chi connectivity index (χ2v) is 5.56. The monoisotopic (exact) mass is 285 g/mol. The predicted octanol–water partition coefficient (Wildman–Crippen LogP) is 3.90. The average Bonchev–Trinajstić information content (AvgIpc) is 2.89. The summed E-state index contributed by atoms with van der Waals surface area (Å²) >= 11 is 0. The first kappa shape index (κ1) is 11.6. The smallest absolute Gasteiger partial charge is 0.263 e. The SMILES string of the molecule is O=c1c2ccccc2c2c(O)ccc3c4ccccc4n1c32.